The van der Waals surface area contributed by atoms with Crippen molar-refractivity contribution in [3.63, 3.8) is 0 Å². The number of methoxy groups -OCH3 is 1. The second-order valence-electron chi connectivity index (χ2n) is 4.45. The van der Waals surface area contributed by atoms with Gasteiger partial charge in [0.05, 0.1) is 13.2 Å². The minimum atomic E-state index is -0.127. The Kier molecular flexibility index (Phi) is 4.79. The fourth-order valence-electron chi connectivity index (χ4n) is 2.01. The molecule has 0 radical (unpaired) electrons. The Morgan fingerprint density at radius 2 is 1.95 bits per heavy atom. The molecule has 0 aromatic heterocycles. The minimum Gasteiger partial charge on any atom is -0.496 e. The van der Waals surface area contributed by atoms with Crippen molar-refractivity contribution in [2.45, 2.75) is 13.0 Å². The van der Waals surface area contributed by atoms with Gasteiger partial charge in [0.25, 0.3) is 5.91 Å². The van der Waals surface area contributed by atoms with Gasteiger partial charge in [-0.15, -0.1) is 0 Å². The van der Waals surface area contributed by atoms with E-state index in [1.165, 1.54) is 0 Å². The van der Waals surface area contributed by atoms with Crippen LogP contribution in [0.15, 0.2) is 53.0 Å². The van der Waals surface area contributed by atoms with E-state index in [0.29, 0.717) is 5.56 Å². The van der Waals surface area contributed by atoms with Gasteiger partial charge in [0.15, 0.2) is 0 Å². The standard InChI is InChI=1S/C16H16BrNO2/c1-11(14-8-3-4-9-15(14)20-2)18-16(19)12-6-5-7-13(17)10-12/h3-11H,1-2H3,(H,18,19)/t11-/m0/s1. The van der Waals surface area contributed by atoms with Crippen molar-refractivity contribution in [2.75, 3.05) is 7.11 Å². The number of ether oxygens (including phenoxy) is 1. The Morgan fingerprint density at radius 1 is 1.20 bits per heavy atom. The summed E-state index contributed by atoms with van der Waals surface area (Å²) >= 11 is 3.36. The summed E-state index contributed by atoms with van der Waals surface area (Å²) in [5.74, 6) is 0.666. The molecule has 2 aromatic rings. The van der Waals surface area contributed by atoms with Crippen LogP contribution in [-0.4, -0.2) is 13.0 Å². The molecular weight excluding hydrogens is 318 g/mol. The fraction of sp³-hybridized carbons (Fsp3) is 0.188. The highest BCUT2D eigenvalue weighted by Gasteiger charge is 2.14. The van der Waals surface area contributed by atoms with Crippen LogP contribution in [0.1, 0.15) is 28.9 Å². The molecule has 2 rings (SSSR count). The number of para-hydroxylation sites is 1. The minimum absolute atomic E-state index is 0.107. The number of rotatable bonds is 4. The van der Waals surface area contributed by atoms with Gasteiger partial charge in [0.1, 0.15) is 5.75 Å². The Balaban J connectivity index is 2.15. The monoisotopic (exact) mass is 333 g/mol. The largest absolute Gasteiger partial charge is 0.496 e. The van der Waals surface area contributed by atoms with E-state index < -0.39 is 0 Å². The normalized spacial score (nSPS) is 11.8. The Labute approximate surface area is 127 Å². The average Bonchev–Trinajstić information content (AvgIpc) is 2.47. The topological polar surface area (TPSA) is 38.3 Å². The predicted octanol–water partition coefficient (Wildman–Crippen LogP) is 3.95. The number of hydrogen-bond acceptors (Lipinski definition) is 2. The second-order valence-corrected chi connectivity index (χ2v) is 5.36. The lowest BCUT2D eigenvalue weighted by atomic mass is 10.1. The lowest BCUT2D eigenvalue weighted by molar-refractivity contribution is 0.0939. The van der Waals surface area contributed by atoms with Crippen LogP contribution in [0.4, 0.5) is 0 Å². The molecule has 0 aliphatic heterocycles. The second kappa shape index (κ2) is 6.57. The molecule has 0 saturated heterocycles. The molecular formula is C16H16BrNO2. The molecule has 0 fully saturated rings. The molecule has 0 saturated carbocycles. The maximum atomic E-state index is 12.2. The van der Waals surface area contributed by atoms with Crippen LogP contribution in [0, 0.1) is 0 Å². The van der Waals surface area contributed by atoms with Crippen molar-refractivity contribution in [1.82, 2.24) is 5.32 Å². The lowest BCUT2D eigenvalue weighted by Gasteiger charge is -2.17. The molecule has 2 aromatic carbocycles. The summed E-state index contributed by atoms with van der Waals surface area (Å²) in [5, 5.41) is 2.97. The van der Waals surface area contributed by atoms with Gasteiger partial charge >= 0.3 is 0 Å². The SMILES string of the molecule is COc1ccccc1[C@H](C)NC(=O)c1cccc(Br)c1. The highest BCUT2D eigenvalue weighted by Crippen LogP contribution is 2.24. The molecule has 0 unspecified atom stereocenters. The average molecular weight is 334 g/mol. The molecule has 1 amide bonds. The molecule has 0 spiro atoms. The number of benzene rings is 2. The first-order valence-corrected chi connectivity index (χ1v) is 7.10. The zero-order valence-corrected chi connectivity index (χ0v) is 13.0. The Morgan fingerprint density at radius 3 is 2.65 bits per heavy atom. The summed E-state index contributed by atoms with van der Waals surface area (Å²) in [5.41, 5.74) is 1.58. The fourth-order valence-corrected chi connectivity index (χ4v) is 2.41. The van der Waals surface area contributed by atoms with E-state index >= 15 is 0 Å². The third-order valence-corrected chi connectivity index (χ3v) is 3.53. The first-order valence-electron chi connectivity index (χ1n) is 6.31. The van der Waals surface area contributed by atoms with Crippen molar-refractivity contribution >= 4 is 21.8 Å². The molecule has 0 heterocycles. The van der Waals surface area contributed by atoms with Gasteiger partial charge in [0.2, 0.25) is 0 Å². The van der Waals surface area contributed by atoms with Gasteiger partial charge < -0.3 is 10.1 Å². The van der Waals surface area contributed by atoms with E-state index in [9.17, 15) is 4.79 Å². The molecule has 0 aliphatic rings. The molecule has 1 atom stereocenters. The molecule has 3 nitrogen and oxygen atoms in total. The maximum Gasteiger partial charge on any atom is 0.251 e. The van der Waals surface area contributed by atoms with Gasteiger partial charge in [-0.25, -0.2) is 0 Å². The van der Waals surface area contributed by atoms with E-state index in [1.54, 1.807) is 19.2 Å². The molecule has 0 bridgehead atoms. The highest BCUT2D eigenvalue weighted by atomic mass is 79.9. The highest BCUT2D eigenvalue weighted by molar-refractivity contribution is 9.10. The number of halogens is 1. The Hall–Kier alpha value is -1.81. The summed E-state index contributed by atoms with van der Waals surface area (Å²) in [7, 11) is 1.63. The van der Waals surface area contributed by atoms with Crippen LogP contribution < -0.4 is 10.1 Å². The van der Waals surface area contributed by atoms with Crippen molar-refractivity contribution in [3.05, 3.63) is 64.1 Å². The van der Waals surface area contributed by atoms with Crippen molar-refractivity contribution < 1.29 is 9.53 Å². The summed E-state index contributed by atoms with van der Waals surface area (Å²) < 4.78 is 6.20. The van der Waals surface area contributed by atoms with Crippen molar-refractivity contribution in [3.8, 4) is 5.75 Å². The van der Waals surface area contributed by atoms with E-state index in [2.05, 4.69) is 21.2 Å². The number of amides is 1. The van der Waals surface area contributed by atoms with Crippen LogP contribution in [0.3, 0.4) is 0 Å². The lowest BCUT2D eigenvalue weighted by Crippen LogP contribution is -2.26. The summed E-state index contributed by atoms with van der Waals surface area (Å²) in [4.78, 5) is 12.2. The smallest absolute Gasteiger partial charge is 0.251 e. The van der Waals surface area contributed by atoms with Crippen LogP contribution in [0.5, 0.6) is 5.75 Å². The quantitative estimate of drug-likeness (QED) is 0.919. The van der Waals surface area contributed by atoms with Crippen molar-refractivity contribution in [2.24, 2.45) is 0 Å². The molecule has 20 heavy (non-hydrogen) atoms. The van der Waals surface area contributed by atoms with Crippen LogP contribution in [0.2, 0.25) is 0 Å². The van der Waals surface area contributed by atoms with Gasteiger partial charge in [-0.05, 0) is 31.2 Å². The van der Waals surface area contributed by atoms with Crippen LogP contribution in [-0.2, 0) is 0 Å². The molecule has 4 heteroatoms. The molecule has 104 valence electrons. The van der Waals surface area contributed by atoms with E-state index in [4.69, 9.17) is 4.74 Å². The van der Waals surface area contributed by atoms with Gasteiger partial charge in [0, 0.05) is 15.6 Å². The Bertz CT molecular complexity index is 613. The third-order valence-electron chi connectivity index (χ3n) is 3.04. The third kappa shape index (κ3) is 3.39. The van der Waals surface area contributed by atoms with E-state index in [1.807, 2.05) is 43.3 Å². The molecule has 0 aliphatic carbocycles. The predicted molar refractivity (Wildman–Crippen MR) is 83.0 cm³/mol. The summed E-state index contributed by atoms with van der Waals surface area (Å²) in [6.45, 7) is 1.94. The van der Waals surface area contributed by atoms with Gasteiger partial charge in [-0.2, -0.15) is 0 Å². The van der Waals surface area contributed by atoms with Crippen LogP contribution in [0.25, 0.3) is 0 Å². The van der Waals surface area contributed by atoms with Gasteiger partial charge in [-0.3, -0.25) is 4.79 Å². The summed E-state index contributed by atoms with van der Waals surface area (Å²) in [6.07, 6.45) is 0. The summed E-state index contributed by atoms with van der Waals surface area (Å²) in [6, 6.07) is 14.9. The number of hydrogen-bond donors (Lipinski definition) is 1. The number of carbonyl (C=O) groups is 1. The first kappa shape index (κ1) is 14.6. The van der Waals surface area contributed by atoms with Crippen molar-refractivity contribution in [1.29, 1.82) is 0 Å². The number of nitrogens with one attached hydrogen (secondary N) is 1. The zero-order valence-electron chi connectivity index (χ0n) is 11.4. The van der Waals surface area contributed by atoms with E-state index in [-0.39, 0.29) is 11.9 Å². The maximum absolute atomic E-state index is 12.2. The zero-order chi connectivity index (χ0) is 14.5. The number of carbonyl (C=O) groups excluding carboxylic acids is 1. The van der Waals surface area contributed by atoms with Gasteiger partial charge in [-0.1, -0.05) is 40.2 Å². The van der Waals surface area contributed by atoms with E-state index in [0.717, 1.165) is 15.8 Å². The van der Waals surface area contributed by atoms with Crippen LogP contribution >= 0.6 is 15.9 Å². The molecule has 1 N–H and O–H groups in total. The first-order chi connectivity index (χ1) is 9.61.